The lowest BCUT2D eigenvalue weighted by Crippen LogP contribution is -1.97. The zero-order valence-electron chi connectivity index (χ0n) is 7.31. The monoisotopic (exact) mass is 301 g/mol. The molecule has 2 rings (SSSR count). The molecule has 0 fully saturated rings. The number of hydrogen-bond donors (Lipinski definition) is 0. The second-order valence-electron chi connectivity index (χ2n) is 2.66. The van der Waals surface area contributed by atoms with E-state index in [9.17, 15) is 0 Å². The summed E-state index contributed by atoms with van der Waals surface area (Å²) >= 11 is 2.18. The Kier molecular flexibility index (Phi) is 3.03. The molecule has 0 aliphatic heterocycles. The molecule has 0 unspecified atom stereocenters. The molecule has 0 aliphatic rings. The zero-order chi connectivity index (χ0) is 9.80. The lowest BCUT2D eigenvalue weighted by atomic mass is 10.5. The van der Waals surface area contributed by atoms with Gasteiger partial charge in [0.05, 0.1) is 9.83 Å². The van der Waals surface area contributed by atoms with E-state index in [1.807, 2.05) is 24.3 Å². The Morgan fingerprint density at radius 2 is 2.29 bits per heavy atom. The third-order valence-electron chi connectivity index (χ3n) is 1.66. The number of furan rings is 1. The van der Waals surface area contributed by atoms with Crippen LogP contribution < -0.4 is 4.74 Å². The first kappa shape index (κ1) is 9.51. The summed E-state index contributed by atoms with van der Waals surface area (Å²) in [5, 5.41) is 0. The van der Waals surface area contributed by atoms with Crippen LogP contribution in [0.5, 0.6) is 5.88 Å². The SMILES string of the molecule is Ic1cccnc1OCc1ccco1. The lowest BCUT2D eigenvalue weighted by molar-refractivity contribution is 0.258. The average Bonchev–Trinajstić information content (AvgIpc) is 2.69. The van der Waals surface area contributed by atoms with E-state index in [4.69, 9.17) is 9.15 Å². The van der Waals surface area contributed by atoms with Crippen LogP contribution in [0, 0.1) is 3.57 Å². The lowest BCUT2D eigenvalue weighted by Gasteiger charge is -2.03. The molecule has 0 aromatic carbocycles. The van der Waals surface area contributed by atoms with E-state index < -0.39 is 0 Å². The van der Waals surface area contributed by atoms with E-state index in [-0.39, 0.29) is 0 Å². The maximum atomic E-state index is 5.47. The molecular weight excluding hydrogens is 293 g/mol. The molecule has 0 atom stereocenters. The van der Waals surface area contributed by atoms with Gasteiger partial charge in [0.15, 0.2) is 0 Å². The predicted octanol–water partition coefficient (Wildman–Crippen LogP) is 2.86. The first-order valence-electron chi connectivity index (χ1n) is 4.12. The fourth-order valence-electron chi connectivity index (χ4n) is 1.01. The summed E-state index contributed by atoms with van der Waals surface area (Å²) in [6.07, 6.45) is 3.34. The maximum Gasteiger partial charge on any atom is 0.227 e. The minimum Gasteiger partial charge on any atom is -0.469 e. The van der Waals surface area contributed by atoms with Crippen LogP contribution in [0.15, 0.2) is 41.1 Å². The van der Waals surface area contributed by atoms with E-state index in [0.29, 0.717) is 12.5 Å². The fourth-order valence-corrected chi connectivity index (χ4v) is 1.51. The molecule has 0 bridgehead atoms. The minimum atomic E-state index is 0.417. The summed E-state index contributed by atoms with van der Waals surface area (Å²) in [6.45, 7) is 0.417. The van der Waals surface area contributed by atoms with Gasteiger partial charge in [-0.15, -0.1) is 0 Å². The van der Waals surface area contributed by atoms with Crippen molar-refractivity contribution < 1.29 is 9.15 Å². The summed E-state index contributed by atoms with van der Waals surface area (Å²) in [4.78, 5) is 4.11. The summed E-state index contributed by atoms with van der Waals surface area (Å²) in [7, 11) is 0. The fraction of sp³-hybridized carbons (Fsp3) is 0.100. The number of aromatic nitrogens is 1. The van der Waals surface area contributed by atoms with Crippen molar-refractivity contribution in [2.24, 2.45) is 0 Å². The van der Waals surface area contributed by atoms with Gasteiger partial charge in [-0.1, -0.05) is 0 Å². The Hall–Kier alpha value is -1.04. The van der Waals surface area contributed by atoms with Crippen LogP contribution in [0.2, 0.25) is 0 Å². The summed E-state index contributed by atoms with van der Waals surface area (Å²) in [5.74, 6) is 1.44. The van der Waals surface area contributed by atoms with E-state index in [1.54, 1.807) is 12.5 Å². The van der Waals surface area contributed by atoms with Crippen LogP contribution in [-0.4, -0.2) is 4.98 Å². The van der Waals surface area contributed by atoms with Crippen molar-refractivity contribution in [2.75, 3.05) is 0 Å². The molecule has 0 aliphatic carbocycles. The minimum absolute atomic E-state index is 0.417. The second-order valence-corrected chi connectivity index (χ2v) is 3.82. The number of ether oxygens (including phenoxy) is 1. The van der Waals surface area contributed by atoms with Crippen molar-refractivity contribution in [1.82, 2.24) is 4.98 Å². The van der Waals surface area contributed by atoms with Crippen LogP contribution in [0.25, 0.3) is 0 Å². The van der Waals surface area contributed by atoms with Gasteiger partial charge in [0.2, 0.25) is 5.88 Å². The van der Waals surface area contributed by atoms with Gasteiger partial charge >= 0.3 is 0 Å². The second kappa shape index (κ2) is 4.45. The third-order valence-corrected chi connectivity index (χ3v) is 2.48. The van der Waals surface area contributed by atoms with Gasteiger partial charge in [0, 0.05) is 6.20 Å². The number of hydrogen-bond acceptors (Lipinski definition) is 3. The number of pyridine rings is 1. The Morgan fingerprint density at radius 3 is 3.00 bits per heavy atom. The molecule has 0 saturated carbocycles. The highest BCUT2D eigenvalue weighted by molar-refractivity contribution is 14.1. The van der Waals surface area contributed by atoms with Gasteiger partial charge in [0.25, 0.3) is 0 Å². The van der Waals surface area contributed by atoms with Gasteiger partial charge in [-0.3, -0.25) is 0 Å². The molecule has 3 nitrogen and oxygen atoms in total. The van der Waals surface area contributed by atoms with Gasteiger partial charge in [-0.2, -0.15) is 0 Å². The molecule has 0 radical (unpaired) electrons. The zero-order valence-corrected chi connectivity index (χ0v) is 9.47. The smallest absolute Gasteiger partial charge is 0.227 e. The molecule has 2 aromatic heterocycles. The van der Waals surface area contributed by atoms with Crippen LogP contribution in [-0.2, 0) is 6.61 Å². The number of rotatable bonds is 3. The molecule has 14 heavy (non-hydrogen) atoms. The first-order chi connectivity index (χ1) is 6.86. The first-order valence-corrected chi connectivity index (χ1v) is 5.20. The van der Waals surface area contributed by atoms with E-state index in [2.05, 4.69) is 27.6 Å². The average molecular weight is 301 g/mol. The van der Waals surface area contributed by atoms with Crippen molar-refractivity contribution in [3.8, 4) is 5.88 Å². The van der Waals surface area contributed by atoms with Crippen LogP contribution in [0.3, 0.4) is 0 Å². The highest BCUT2D eigenvalue weighted by Gasteiger charge is 2.02. The topological polar surface area (TPSA) is 35.3 Å². The van der Waals surface area contributed by atoms with Gasteiger partial charge in [-0.05, 0) is 46.9 Å². The van der Waals surface area contributed by atoms with Crippen molar-refractivity contribution in [1.29, 1.82) is 0 Å². The molecule has 0 amide bonds. The van der Waals surface area contributed by atoms with Crippen LogP contribution >= 0.6 is 22.6 Å². The Morgan fingerprint density at radius 1 is 1.36 bits per heavy atom. The Balaban J connectivity index is 2.02. The van der Waals surface area contributed by atoms with E-state index in [1.165, 1.54) is 0 Å². The quantitative estimate of drug-likeness (QED) is 0.818. The highest BCUT2D eigenvalue weighted by Crippen LogP contribution is 2.17. The van der Waals surface area contributed by atoms with Crippen molar-refractivity contribution in [3.63, 3.8) is 0 Å². The van der Waals surface area contributed by atoms with Gasteiger partial charge in [-0.25, -0.2) is 4.98 Å². The molecule has 0 spiro atoms. The molecule has 72 valence electrons. The summed E-state index contributed by atoms with van der Waals surface area (Å²) in [6, 6.07) is 7.53. The third kappa shape index (κ3) is 2.25. The standard InChI is InChI=1S/C10H8INO2/c11-9-4-1-5-12-10(9)14-7-8-3-2-6-13-8/h1-6H,7H2. The molecule has 2 aromatic rings. The summed E-state index contributed by atoms with van der Waals surface area (Å²) < 4.78 is 11.6. The number of nitrogens with zero attached hydrogens (tertiary/aromatic N) is 1. The highest BCUT2D eigenvalue weighted by atomic mass is 127. The normalized spacial score (nSPS) is 10.1. The maximum absolute atomic E-state index is 5.47. The van der Waals surface area contributed by atoms with Gasteiger partial charge in [0.1, 0.15) is 12.4 Å². The Labute approximate surface area is 95.2 Å². The molecule has 2 heterocycles. The van der Waals surface area contributed by atoms with E-state index in [0.717, 1.165) is 9.33 Å². The predicted molar refractivity (Wildman–Crippen MR) is 60.0 cm³/mol. The van der Waals surface area contributed by atoms with Crippen LogP contribution in [0.4, 0.5) is 0 Å². The van der Waals surface area contributed by atoms with Crippen molar-refractivity contribution >= 4 is 22.6 Å². The van der Waals surface area contributed by atoms with E-state index >= 15 is 0 Å². The number of halogens is 1. The van der Waals surface area contributed by atoms with Gasteiger partial charge < -0.3 is 9.15 Å². The Bertz CT molecular complexity index is 400. The van der Waals surface area contributed by atoms with Crippen LogP contribution in [0.1, 0.15) is 5.76 Å². The molecule has 4 heteroatoms. The molecule has 0 N–H and O–H groups in total. The molecule has 0 saturated heterocycles. The summed E-state index contributed by atoms with van der Waals surface area (Å²) in [5.41, 5.74) is 0. The van der Waals surface area contributed by atoms with Crippen molar-refractivity contribution in [2.45, 2.75) is 6.61 Å². The molecular formula is C10H8INO2. The van der Waals surface area contributed by atoms with Crippen molar-refractivity contribution in [3.05, 3.63) is 46.1 Å². The largest absolute Gasteiger partial charge is 0.469 e.